The number of carbonyl (C=O) groups is 1. The highest BCUT2D eigenvalue weighted by molar-refractivity contribution is 9.10. The second kappa shape index (κ2) is 6.80. The van der Waals surface area contributed by atoms with Crippen molar-refractivity contribution >= 4 is 32.7 Å². The largest absolute Gasteiger partial charge is 0.454 e. The van der Waals surface area contributed by atoms with Gasteiger partial charge in [-0.3, -0.25) is 14.2 Å². The number of benzene rings is 2. The van der Waals surface area contributed by atoms with Crippen LogP contribution in [0.1, 0.15) is 5.56 Å². The summed E-state index contributed by atoms with van der Waals surface area (Å²) in [5, 5.41) is 3.26. The molecule has 0 radical (unpaired) electrons. The molecule has 0 spiro atoms. The lowest BCUT2D eigenvalue weighted by Gasteiger charge is -2.09. The predicted octanol–water partition coefficient (Wildman–Crippen LogP) is 2.20. The Bertz CT molecular complexity index is 1060. The molecule has 1 aliphatic heterocycles. The summed E-state index contributed by atoms with van der Waals surface area (Å²) in [5.41, 5.74) is 1.22. The van der Waals surface area contributed by atoms with E-state index >= 15 is 0 Å². The first-order valence-electron chi connectivity index (χ1n) is 7.90. The summed E-state index contributed by atoms with van der Waals surface area (Å²) < 4.78 is 12.7. The van der Waals surface area contributed by atoms with Crippen LogP contribution < -0.4 is 20.3 Å². The lowest BCUT2D eigenvalue weighted by molar-refractivity contribution is -0.121. The Balaban J connectivity index is 1.46. The van der Waals surface area contributed by atoms with E-state index in [2.05, 4.69) is 26.2 Å². The van der Waals surface area contributed by atoms with Crippen LogP contribution in [0.15, 0.2) is 52.0 Å². The minimum absolute atomic E-state index is 0.0984. The molecule has 0 bridgehead atoms. The molecule has 0 fully saturated rings. The molecule has 1 aromatic heterocycles. The number of hydrogen-bond donors (Lipinski definition) is 1. The fraction of sp³-hybridized carbons (Fsp3) is 0.167. The van der Waals surface area contributed by atoms with Gasteiger partial charge in [-0.1, -0.05) is 22.0 Å². The van der Waals surface area contributed by atoms with E-state index in [4.69, 9.17) is 9.47 Å². The first-order chi connectivity index (χ1) is 12.6. The molecule has 4 rings (SSSR count). The summed E-state index contributed by atoms with van der Waals surface area (Å²) in [6.07, 6.45) is 1.39. The van der Waals surface area contributed by atoms with Crippen LogP contribution >= 0.6 is 15.9 Å². The quantitative estimate of drug-likeness (QED) is 0.706. The van der Waals surface area contributed by atoms with Crippen LogP contribution in [0, 0.1) is 0 Å². The average Bonchev–Trinajstić information content (AvgIpc) is 3.10. The van der Waals surface area contributed by atoms with Crippen molar-refractivity contribution in [2.75, 3.05) is 6.79 Å². The molecular weight excluding hydrogens is 402 g/mol. The van der Waals surface area contributed by atoms with E-state index in [0.29, 0.717) is 28.9 Å². The maximum atomic E-state index is 12.5. The summed E-state index contributed by atoms with van der Waals surface area (Å²) >= 11 is 3.34. The van der Waals surface area contributed by atoms with E-state index in [1.165, 1.54) is 10.9 Å². The van der Waals surface area contributed by atoms with E-state index in [9.17, 15) is 9.59 Å². The molecule has 0 atom stereocenters. The number of nitrogens with zero attached hydrogens (tertiary/aromatic N) is 2. The number of hydrogen-bond acceptors (Lipinski definition) is 5. The monoisotopic (exact) mass is 415 g/mol. The highest BCUT2D eigenvalue weighted by Crippen LogP contribution is 2.32. The van der Waals surface area contributed by atoms with Crippen molar-refractivity contribution in [3.05, 3.63) is 63.1 Å². The Kier molecular flexibility index (Phi) is 4.34. The van der Waals surface area contributed by atoms with Gasteiger partial charge < -0.3 is 14.8 Å². The van der Waals surface area contributed by atoms with Gasteiger partial charge in [0.15, 0.2) is 11.5 Å². The van der Waals surface area contributed by atoms with Gasteiger partial charge in [0.05, 0.1) is 17.2 Å². The van der Waals surface area contributed by atoms with Crippen LogP contribution in [-0.2, 0) is 17.9 Å². The van der Waals surface area contributed by atoms with Crippen LogP contribution in [-0.4, -0.2) is 22.3 Å². The molecule has 3 aromatic rings. The molecule has 7 nitrogen and oxygen atoms in total. The Labute approximate surface area is 156 Å². The third kappa shape index (κ3) is 3.28. The fourth-order valence-electron chi connectivity index (χ4n) is 2.71. The number of fused-ring (bicyclic) bond motifs is 2. The topological polar surface area (TPSA) is 82.5 Å². The molecule has 1 amide bonds. The number of amides is 1. The van der Waals surface area contributed by atoms with Crippen molar-refractivity contribution < 1.29 is 14.3 Å². The van der Waals surface area contributed by atoms with E-state index in [1.54, 1.807) is 18.2 Å². The van der Waals surface area contributed by atoms with Crippen molar-refractivity contribution in [2.45, 2.75) is 13.1 Å². The Morgan fingerprint density at radius 2 is 2.04 bits per heavy atom. The summed E-state index contributed by atoms with van der Waals surface area (Å²) in [6.45, 7) is 0.439. The maximum absolute atomic E-state index is 12.5. The predicted molar refractivity (Wildman–Crippen MR) is 98.1 cm³/mol. The van der Waals surface area contributed by atoms with Gasteiger partial charge in [0.1, 0.15) is 6.54 Å². The summed E-state index contributed by atoms with van der Waals surface area (Å²) in [4.78, 5) is 28.9. The van der Waals surface area contributed by atoms with Crippen LogP contribution in [0.25, 0.3) is 10.9 Å². The molecule has 0 aliphatic carbocycles. The second-order valence-corrected chi connectivity index (χ2v) is 6.72. The first-order valence-corrected chi connectivity index (χ1v) is 8.69. The normalized spacial score (nSPS) is 12.3. The van der Waals surface area contributed by atoms with Crippen molar-refractivity contribution in [1.29, 1.82) is 0 Å². The van der Waals surface area contributed by atoms with Crippen LogP contribution in [0.4, 0.5) is 0 Å². The van der Waals surface area contributed by atoms with Gasteiger partial charge in [-0.15, -0.1) is 0 Å². The van der Waals surface area contributed by atoms with Crippen molar-refractivity contribution in [1.82, 2.24) is 14.9 Å². The standard InChI is InChI=1S/C18H14BrN3O4/c19-12-2-3-14-13(6-12)18(24)22(9-21-14)8-17(23)20-7-11-1-4-15-16(5-11)26-10-25-15/h1-6,9H,7-8,10H2,(H,20,23). The SMILES string of the molecule is O=C(Cn1cnc2ccc(Br)cc2c1=O)NCc1ccc2c(c1)OCO2. The van der Waals surface area contributed by atoms with Gasteiger partial charge in [0.2, 0.25) is 12.7 Å². The molecule has 26 heavy (non-hydrogen) atoms. The zero-order chi connectivity index (χ0) is 18.1. The minimum atomic E-state index is -0.277. The zero-order valence-corrected chi connectivity index (χ0v) is 15.2. The lowest BCUT2D eigenvalue weighted by atomic mass is 10.2. The van der Waals surface area contributed by atoms with Gasteiger partial charge in [0.25, 0.3) is 5.56 Å². The molecule has 2 aromatic carbocycles. The van der Waals surface area contributed by atoms with Crippen molar-refractivity contribution in [3.8, 4) is 11.5 Å². The number of carbonyl (C=O) groups excluding carboxylic acids is 1. The lowest BCUT2D eigenvalue weighted by Crippen LogP contribution is -2.32. The summed E-state index contributed by atoms with van der Waals surface area (Å²) in [6, 6.07) is 10.8. The van der Waals surface area contributed by atoms with Gasteiger partial charge in [0, 0.05) is 11.0 Å². The van der Waals surface area contributed by atoms with E-state index in [-0.39, 0.29) is 24.8 Å². The molecular formula is C18H14BrN3O4. The smallest absolute Gasteiger partial charge is 0.261 e. The number of nitrogens with one attached hydrogen (secondary N) is 1. The first kappa shape index (κ1) is 16.6. The third-order valence-corrected chi connectivity index (χ3v) is 4.52. The van der Waals surface area contributed by atoms with Crippen LogP contribution in [0.3, 0.4) is 0 Å². The van der Waals surface area contributed by atoms with Crippen LogP contribution in [0.5, 0.6) is 11.5 Å². The van der Waals surface area contributed by atoms with Gasteiger partial charge in [-0.2, -0.15) is 0 Å². The fourth-order valence-corrected chi connectivity index (χ4v) is 3.07. The summed E-state index contributed by atoms with van der Waals surface area (Å²) in [7, 11) is 0. The number of aromatic nitrogens is 2. The Morgan fingerprint density at radius 3 is 2.92 bits per heavy atom. The zero-order valence-electron chi connectivity index (χ0n) is 13.6. The molecule has 132 valence electrons. The van der Waals surface area contributed by atoms with Gasteiger partial charge in [-0.05, 0) is 35.9 Å². The van der Waals surface area contributed by atoms with Crippen molar-refractivity contribution in [2.24, 2.45) is 0 Å². The molecule has 0 saturated carbocycles. The maximum Gasteiger partial charge on any atom is 0.261 e. The number of rotatable bonds is 4. The summed E-state index contributed by atoms with van der Waals surface area (Å²) in [5.74, 6) is 1.08. The van der Waals surface area contributed by atoms with E-state index in [1.807, 2.05) is 18.2 Å². The molecule has 1 aliphatic rings. The Hall–Kier alpha value is -2.87. The molecule has 0 saturated heterocycles. The highest BCUT2D eigenvalue weighted by Gasteiger charge is 2.14. The second-order valence-electron chi connectivity index (χ2n) is 5.80. The van der Waals surface area contributed by atoms with Crippen molar-refractivity contribution in [3.63, 3.8) is 0 Å². The van der Waals surface area contributed by atoms with Gasteiger partial charge >= 0.3 is 0 Å². The third-order valence-electron chi connectivity index (χ3n) is 4.03. The van der Waals surface area contributed by atoms with E-state index < -0.39 is 0 Å². The highest BCUT2D eigenvalue weighted by atomic mass is 79.9. The number of ether oxygens (including phenoxy) is 2. The van der Waals surface area contributed by atoms with Gasteiger partial charge in [-0.25, -0.2) is 4.98 Å². The average molecular weight is 416 g/mol. The molecule has 0 unspecified atom stereocenters. The Morgan fingerprint density at radius 1 is 1.19 bits per heavy atom. The molecule has 2 heterocycles. The molecule has 8 heteroatoms. The minimum Gasteiger partial charge on any atom is -0.454 e. The molecule has 1 N–H and O–H groups in total. The van der Waals surface area contributed by atoms with E-state index in [0.717, 1.165) is 10.0 Å². The number of halogens is 1. The van der Waals surface area contributed by atoms with Crippen LogP contribution in [0.2, 0.25) is 0 Å².